The monoisotopic (exact) mass is 380 g/mol. The summed E-state index contributed by atoms with van der Waals surface area (Å²) in [5.41, 5.74) is 2.19. The Morgan fingerprint density at radius 1 is 1.04 bits per heavy atom. The van der Waals surface area contributed by atoms with Crippen LogP contribution in [-0.4, -0.2) is 37.7 Å². The number of pyridine rings is 1. The lowest BCUT2D eigenvalue weighted by Gasteiger charge is -2.15. The summed E-state index contributed by atoms with van der Waals surface area (Å²) in [5, 5.41) is 3.83. The SMILES string of the molecule is CCOC(=O)c1cnc2c(C(=O)OC)cccc2c1Nc1cccc(OC)c1. The third kappa shape index (κ3) is 3.73. The third-order valence-electron chi connectivity index (χ3n) is 4.14. The lowest BCUT2D eigenvalue weighted by Crippen LogP contribution is -2.10. The van der Waals surface area contributed by atoms with Gasteiger partial charge in [0.25, 0.3) is 0 Å². The van der Waals surface area contributed by atoms with Crippen LogP contribution in [0.2, 0.25) is 0 Å². The highest BCUT2D eigenvalue weighted by Crippen LogP contribution is 2.32. The molecular weight excluding hydrogens is 360 g/mol. The van der Waals surface area contributed by atoms with Gasteiger partial charge in [0.15, 0.2) is 0 Å². The third-order valence-corrected chi connectivity index (χ3v) is 4.14. The van der Waals surface area contributed by atoms with E-state index < -0.39 is 11.9 Å². The molecule has 7 heteroatoms. The Labute approximate surface area is 162 Å². The van der Waals surface area contributed by atoms with Crippen molar-refractivity contribution in [1.29, 1.82) is 0 Å². The Morgan fingerprint density at radius 2 is 1.82 bits per heavy atom. The molecule has 0 aliphatic rings. The Kier molecular flexibility index (Phi) is 5.74. The lowest BCUT2D eigenvalue weighted by atomic mass is 10.0. The first-order chi connectivity index (χ1) is 13.6. The van der Waals surface area contributed by atoms with Gasteiger partial charge in [-0.2, -0.15) is 0 Å². The largest absolute Gasteiger partial charge is 0.497 e. The molecule has 0 spiro atoms. The number of benzene rings is 2. The van der Waals surface area contributed by atoms with Gasteiger partial charge in [-0.1, -0.05) is 18.2 Å². The Hall–Kier alpha value is -3.61. The van der Waals surface area contributed by atoms with Gasteiger partial charge in [0.1, 0.15) is 11.3 Å². The number of esters is 2. The first-order valence-corrected chi connectivity index (χ1v) is 8.67. The zero-order chi connectivity index (χ0) is 20.1. The van der Waals surface area contributed by atoms with Crippen molar-refractivity contribution < 1.29 is 23.8 Å². The van der Waals surface area contributed by atoms with Crippen LogP contribution < -0.4 is 10.1 Å². The highest BCUT2D eigenvalue weighted by molar-refractivity contribution is 6.11. The molecule has 1 aromatic heterocycles. The quantitative estimate of drug-likeness (QED) is 0.648. The predicted octanol–water partition coefficient (Wildman–Crippen LogP) is 3.95. The minimum absolute atomic E-state index is 0.234. The maximum absolute atomic E-state index is 12.5. The Bertz CT molecular complexity index is 1030. The number of nitrogens with zero attached hydrogens (tertiary/aromatic N) is 1. The molecule has 0 unspecified atom stereocenters. The van der Waals surface area contributed by atoms with E-state index in [1.807, 2.05) is 18.2 Å². The summed E-state index contributed by atoms with van der Waals surface area (Å²) in [7, 11) is 2.89. The molecule has 3 aromatic rings. The number of anilines is 2. The molecule has 7 nitrogen and oxygen atoms in total. The summed E-state index contributed by atoms with van der Waals surface area (Å²) >= 11 is 0. The van der Waals surface area contributed by atoms with Gasteiger partial charge in [-0.15, -0.1) is 0 Å². The van der Waals surface area contributed by atoms with Crippen LogP contribution in [0.25, 0.3) is 10.9 Å². The Morgan fingerprint density at radius 3 is 2.54 bits per heavy atom. The molecule has 0 aliphatic heterocycles. The molecule has 144 valence electrons. The van der Waals surface area contributed by atoms with Gasteiger partial charge in [-0.05, 0) is 25.1 Å². The summed E-state index contributed by atoms with van der Waals surface area (Å²) in [6.45, 7) is 1.97. The lowest BCUT2D eigenvalue weighted by molar-refractivity contribution is 0.0526. The van der Waals surface area contributed by atoms with Crippen LogP contribution >= 0.6 is 0 Å². The van der Waals surface area contributed by atoms with Gasteiger partial charge in [-0.25, -0.2) is 9.59 Å². The van der Waals surface area contributed by atoms with E-state index in [0.29, 0.717) is 33.6 Å². The minimum Gasteiger partial charge on any atom is -0.497 e. The van der Waals surface area contributed by atoms with Crippen molar-refractivity contribution in [3.8, 4) is 5.75 Å². The van der Waals surface area contributed by atoms with Crippen molar-refractivity contribution >= 4 is 34.2 Å². The molecule has 0 amide bonds. The number of carbonyl (C=O) groups excluding carboxylic acids is 2. The molecule has 1 heterocycles. The second kappa shape index (κ2) is 8.39. The second-order valence-corrected chi connectivity index (χ2v) is 5.82. The van der Waals surface area contributed by atoms with Crippen LogP contribution in [0.4, 0.5) is 11.4 Å². The average molecular weight is 380 g/mol. The summed E-state index contributed by atoms with van der Waals surface area (Å²) in [6, 6.07) is 12.4. The van der Waals surface area contributed by atoms with Crippen LogP contribution in [-0.2, 0) is 9.47 Å². The van der Waals surface area contributed by atoms with E-state index in [2.05, 4.69) is 10.3 Å². The number of nitrogens with one attached hydrogen (secondary N) is 1. The van der Waals surface area contributed by atoms with Gasteiger partial charge in [-0.3, -0.25) is 4.98 Å². The summed E-state index contributed by atoms with van der Waals surface area (Å²) in [5.74, 6) is -0.351. The van der Waals surface area contributed by atoms with Gasteiger partial charge in [0.2, 0.25) is 0 Å². The number of methoxy groups -OCH3 is 2. The Balaban J connectivity index is 2.21. The number of rotatable bonds is 6. The number of aromatic nitrogens is 1. The zero-order valence-electron chi connectivity index (χ0n) is 15.8. The van der Waals surface area contributed by atoms with Crippen LogP contribution in [0, 0.1) is 0 Å². The highest BCUT2D eigenvalue weighted by atomic mass is 16.5. The van der Waals surface area contributed by atoms with Crippen molar-refractivity contribution in [3.63, 3.8) is 0 Å². The first kappa shape index (κ1) is 19.2. The van der Waals surface area contributed by atoms with Crippen LogP contribution in [0.1, 0.15) is 27.6 Å². The fourth-order valence-corrected chi connectivity index (χ4v) is 2.84. The van der Waals surface area contributed by atoms with Crippen LogP contribution in [0.5, 0.6) is 5.75 Å². The average Bonchev–Trinajstić information content (AvgIpc) is 2.73. The van der Waals surface area contributed by atoms with Gasteiger partial charge >= 0.3 is 11.9 Å². The molecule has 3 rings (SSSR count). The van der Waals surface area contributed by atoms with E-state index in [0.717, 1.165) is 0 Å². The van der Waals surface area contributed by atoms with Gasteiger partial charge in [0, 0.05) is 23.3 Å². The molecule has 0 aliphatic carbocycles. The maximum Gasteiger partial charge on any atom is 0.341 e. The summed E-state index contributed by atoms with van der Waals surface area (Å²) < 4.78 is 15.3. The molecular formula is C21H20N2O5. The van der Waals surface area contributed by atoms with Crippen molar-refractivity contribution in [2.45, 2.75) is 6.92 Å². The molecule has 0 fully saturated rings. The van der Waals surface area contributed by atoms with Crippen LogP contribution in [0.15, 0.2) is 48.7 Å². The van der Waals surface area contributed by atoms with Crippen molar-refractivity contribution in [3.05, 3.63) is 59.8 Å². The normalized spacial score (nSPS) is 10.4. The van der Waals surface area contributed by atoms with Crippen LogP contribution in [0.3, 0.4) is 0 Å². The number of fused-ring (bicyclic) bond motifs is 1. The van der Waals surface area contributed by atoms with E-state index in [1.54, 1.807) is 38.3 Å². The van der Waals surface area contributed by atoms with Crippen molar-refractivity contribution in [2.24, 2.45) is 0 Å². The van der Waals surface area contributed by atoms with E-state index in [4.69, 9.17) is 14.2 Å². The van der Waals surface area contributed by atoms with Gasteiger partial charge in [0.05, 0.1) is 37.6 Å². The minimum atomic E-state index is -0.509. The van der Waals surface area contributed by atoms with Crippen molar-refractivity contribution in [2.75, 3.05) is 26.1 Å². The van der Waals surface area contributed by atoms with E-state index in [9.17, 15) is 9.59 Å². The molecule has 0 saturated carbocycles. The maximum atomic E-state index is 12.5. The standard InChI is InChI=1S/C21H20N2O5/c1-4-28-21(25)17-12-22-18-15(9-6-10-16(18)20(24)27-3)19(17)23-13-7-5-8-14(11-13)26-2/h5-12H,4H2,1-3H3,(H,22,23). The van der Waals surface area contributed by atoms with Gasteiger partial charge < -0.3 is 19.5 Å². The predicted molar refractivity (Wildman–Crippen MR) is 105 cm³/mol. The molecule has 0 saturated heterocycles. The first-order valence-electron chi connectivity index (χ1n) is 8.67. The van der Waals surface area contributed by atoms with E-state index in [1.165, 1.54) is 13.3 Å². The van der Waals surface area contributed by atoms with Crippen molar-refractivity contribution in [1.82, 2.24) is 4.98 Å². The molecule has 0 bridgehead atoms. The summed E-state index contributed by atoms with van der Waals surface area (Å²) in [6.07, 6.45) is 1.40. The molecule has 2 aromatic carbocycles. The smallest absolute Gasteiger partial charge is 0.341 e. The van der Waals surface area contributed by atoms with E-state index in [-0.39, 0.29) is 12.2 Å². The molecule has 28 heavy (non-hydrogen) atoms. The number of hydrogen-bond acceptors (Lipinski definition) is 7. The summed E-state index contributed by atoms with van der Waals surface area (Å²) in [4.78, 5) is 28.9. The number of carbonyl (C=O) groups is 2. The number of ether oxygens (including phenoxy) is 3. The number of para-hydroxylation sites is 1. The molecule has 1 N–H and O–H groups in total. The highest BCUT2D eigenvalue weighted by Gasteiger charge is 2.20. The molecule has 0 radical (unpaired) electrons. The molecule has 0 atom stereocenters. The fraction of sp³-hybridized carbons (Fsp3) is 0.190. The topological polar surface area (TPSA) is 86.8 Å². The second-order valence-electron chi connectivity index (χ2n) is 5.82. The fourth-order valence-electron chi connectivity index (χ4n) is 2.84. The van der Waals surface area contributed by atoms with E-state index >= 15 is 0 Å². The number of hydrogen-bond donors (Lipinski definition) is 1. The zero-order valence-corrected chi connectivity index (χ0v) is 15.8.